The minimum Gasteiger partial charge on any atom is -0.481 e. The van der Waals surface area contributed by atoms with E-state index in [2.05, 4.69) is 0 Å². The predicted octanol–water partition coefficient (Wildman–Crippen LogP) is 3.35. The summed E-state index contributed by atoms with van der Waals surface area (Å²) < 4.78 is 12.9. The van der Waals surface area contributed by atoms with Crippen LogP contribution in [0.2, 0.25) is 0 Å². The number of carbonyl (C=O) groups excluding carboxylic acids is 1. The molecule has 0 radical (unpaired) electrons. The molecule has 1 unspecified atom stereocenters. The molecule has 1 aromatic carbocycles. The summed E-state index contributed by atoms with van der Waals surface area (Å²) in [6, 6.07) is 9.57. The molecule has 4 nitrogen and oxygen atoms in total. The lowest BCUT2D eigenvalue weighted by atomic mass is 10.1. The number of carboxylic acids is 1. The van der Waals surface area contributed by atoms with Crippen LogP contribution in [-0.4, -0.2) is 35.5 Å². The van der Waals surface area contributed by atoms with E-state index in [1.54, 1.807) is 38.2 Å². The van der Waals surface area contributed by atoms with Crippen molar-refractivity contribution in [3.63, 3.8) is 0 Å². The summed E-state index contributed by atoms with van der Waals surface area (Å²) in [5, 5.41) is 8.89. The smallest absolute Gasteiger partial charge is 0.308 e. The summed E-state index contributed by atoms with van der Waals surface area (Å²) >= 11 is 1.30. The number of benzene rings is 1. The Kier molecular flexibility index (Phi) is 4.92. The van der Waals surface area contributed by atoms with Gasteiger partial charge in [0, 0.05) is 18.5 Å². The van der Waals surface area contributed by atoms with E-state index in [-0.39, 0.29) is 18.3 Å². The molecule has 0 saturated carbocycles. The summed E-state index contributed by atoms with van der Waals surface area (Å²) in [5.74, 6) is -2.08. The molecule has 0 aliphatic carbocycles. The fraction of sp³-hybridized carbons (Fsp3) is 0.250. The number of rotatable bonds is 5. The fourth-order valence-corrected chi connectivity index (χ4v) is 2.99. The van der Waals surface area contributed by atoms with Crippen molar-refractivity contribution in [2.75, 3.05) is 13.6 Å². The van der Waals surface area contributed by atoms with Crippen molar-refractivity contribution in [1.82, 2.24) is 4.90 Å². The van der Waals surface area contributed by atoms with Crippen LogP contribution in [0.15, 0.2) is 36.4 Å². The molecular formula is C16H16FNO3S. The van der Waals surface area contributed by atoms with Crippen LogP contribution in [-0.2, 0) is 4.79 Å². The van der Waals surface area contributed by atoms with Gasteiger partial charge in [-0.2, -0.15) is 0 Å². The standard InChI is InChI=1S/C16H16FNO3S/c1-10(16(20)21)9-18(2)15(19)14-8-7-13(22-14)11-3-5-12(17)6-4-11/h3-8,10H,9H2,1-2H3,(H,20,21). The van der Waals surface area contributed by atoms with Gasteiger partial charge >= 0.3 is 5.97 Å². The Balaban J connectivity index is 2.12. The highest BCUT2D eigenvalue weighted by atomic mass is 32.1. The number of carbonyl (C=O) groups is 2. The highest BCUT2D eigenvalue weighted by Crippen LogP contribution is 2.28. The molecule has 1 atom stereocenters. The van der Waals surface area contributed by atoms with Crippen LogP contribution in [0.1, 0.15) is 16.6 Å². The van der Waals surface area contributed by atoms with Gasteiger partial charge in [0.2, 0.25) is 0 Å². The third-order valence-electron chi connectivity index (χ3n) is 3.26. The summed E-state index contributed by atoms with van der Waals surface area (Å²) in [4.78, 5) is 25.9. The summed E-state index contributed by atoms with van der Waals surface area (Å²) in [7, 11) is 1.58. The van der Waals surface area contributed by atoms with E-state index in [1.165, 1.54) is 28.4 Å². The Labute approximate surface area is 131 Å². The van der Waals surface area contributed by atoms with Gasteiger partial charge in [0.15, 0.2) is 0 Å². The highest BCUT2D eigenvalue weighted by Gasteiger charge is 2.20. The zero-order valence-corrected chi connectivity index (χ0v) is 13.1. The van der Waals surface area contributed by atoms with E-state index < -0.39 is 11.9 Å². The summed E-state index contributed by atoms with van der Waals surface area (Å²) in [6.45, 7) is 1.71. The molecule has 1 N–H and O–H groups in total. The molecule has 6 heteroatoms. The van der Waals surface area contributed by atoms with Crippen LogP contribution in [0.3, 0.4) is 0 Å². The highest BCUT2D eigenvalue weighted by molar-refractivity contribution is 7.17. The van der Waals surface area contributed by atoms with E-state index in [0.29, 0.717) is 4.88 Å². The monoisotopic (exact) mass is 321 g/mol. The van der Waals surface area contributed by atoms with Crippen molar-refractivity contribution in [2.24, 2.45) is 5.92 Å². The Bertz CT molecular complexity index is 681. The lowest BCUT2D eigenvalue weighted by Crippen LogP contribution is -2.33. The van der Waals surface area contributed by atoms with Crippen LogP contribution in [0.4, 0.5) is 4.39 Å². The molecule has 2 aromatic rings. The van der Waals surface area contributed by atoms with E-state index in [9.17, 15) is 14.0 Å². The number of hydrogen-bond acceptors (Lipinski definition) is 3. The maximum atomic E-state index is 12.9. The third kappa shape index (κ3) is 3.71. The van der Waals surface area contributed by atoms with E-state index in [0.717, 1.165) is 10.4 Å². The second-order valence-electron chi connectivity index (χ2n) is 5.10. The van der Waals surface area contributed by atoms with Crippen molar-refractivity contribution in [3.8, 4) is 10.4 Å². The molecule has 22 heavy (non-hydrogen) atoms. The molecule has 1 heterocycles. The normalized spacial score (nSPS) is 12.0. The topological polar surface area (TPSA) is 57.6 Å². The maximum absolute atomic E-state index is 12.9. The molecule has 1 amide bonds. The quantitative estimate of drug-likeness (QED) is 0.919. The van der Waals surface area contributed by atoms with Crippen molar-refractivity contribution < 1.29 is 19.1 Å². The molecule has 0 aliphatic heterocycles. The SMILES string of the molecule is CC(CN(C)C(=O)c1ccc(-c2ccc(F)cc2)s1)C(=O)O. The van der Waals surface area contributed by atoms with Gasteiger partial charge < -0.3 is 10.0 Å². The first-order valence-corrected chi connectivity index (χ1v) is 7.54. The molecule has 0 fully saturated rings. The minimum atomic E-state index is -0.933. The largest absolute Gasteiger partial charge is 0.481 e. The average Bonchev–Trinajstić information content (AvgIpc) is 2.96. The molecular weight excluding hydrogens is 305 g/mol. The van der Waals surface area contributed by atoms with Gasteiger partial charge in [0.25, 0.3) is 5.91 Å². The molecule has 116 valence electrons. The average molecular weight is 321 g/mol. The van der Waals surface area contributed by atoms with Gasteiger partial charge in [-0.05, 0) is 29.8 Å². The first kappa shape index (κ1) is 16.2. The van der Waals surface area contributed by atoms with Crippen LogP contribution >= 0.6 is 11.3 Å². The molecule has 0 saturated heterocycles. The Morgan fingerprint density at radius 2 is 1.86 bits per heavy atom. The maximum Gasteiger partial charge on any atom is 0.308 e. The molecule has 0 spiro atoms. The van der Waals surface area contributed by atoms with E-state index in [4.69, 9.17) is 5.11 Å². The molecule has 2 rings (SSSR count). The summed E-state index contributed by atoms with van der Waals surface area (Å²) in [6.07, 6.45) is 0. The number of aliphatic carboxylic acids is 1. The number of amides is 1. The third-order valence-corrected chi connectivity index (χ3v) is 4.38. The number of carboxylic acid groups (broad SMARTS) is 1. The molecule has 1 aromatic heterocycles. The predicted molar refractivity (Wildman–Crippen MR) is 83.5 cm³/mol. The van der Waals surface area contributed by atoms with E-state index in [1.807, 2.05) is 0 Å². The zero-order chi connectivity index (χ0) is 16.3. The number of hydrogen-bond donors (Lipinski definition) is 1. The first-order valence-electron chi connectivity index (χ1n) is 6.72. The number of thiophene rings is 1. The van der Waals surface area contributed by atoms with Gasteiger partial charge in [-0.25, -0.2) is 4.39 Å². The number of nitrogens with zero attached hydrogens (tertiary/aromatic N) is 1. The van der Waals surface area contributed by atoms with Gasteiger partial charge in [0.1, 0.15) is 5.82 Å². The van der Waals surface area contributed by atoms with Crippen molar-refractivity contribution >= 4 is 23.2 Å². The minimum absolute atomic E-state index is 0.151. The first-order chi connectivity index (χ1) is 10.4. The molecule has 0 bridgehead atoms. The van der Waals surface area contributed by atoms with Crippen LogP contribution in [0, 0.1) is 11.7 Å². The summed E-state index contributed by atoms with van der Waals surface area (Å²) in [5.41, 5.74) is 0.840. The van der Waals surface area contributed by atoms with Crippen molar-refractivity contribution in [2.45, 2.75) is 6.92 Å². The van der Waals surface area contributed by atoms with Gasteiger partial charge in [-0.15, -0.1) is 11.3 Å². The van der Waals surface area contributed by atoms with Gasteiger partial charge in [0.05, 0.1) is 10.8 Å². The van der Waals surface area contributed by atoms with Gasteiger partial charge in [-0.1, -0.05) is 19.1 Å². The second kappa shape index (κ2) is 6.70. The van der Waals surface area contributed by atoms with Crippen LogP contribution < -0.4 is 0 Å². The van der Waals surface area contributed by atoms with Crippen molar-refractivity contribution in [1.29, 1.82) is 0 Å². The van der Waals surface area contributed by atoms with Crippen LogP contribution in [0.25, 0.3) is 10.4 Å². The lowest BCUT2D eigenvalue weighted by molar-refractivity contribution is -0.141. The van der Waals surface area contributed by atoms with Gasteiger partial charge in [-0.3, -0.25) is 9.59 Å². The number of halogens is 1. The Hall–Kier alpha value is -2.21. The zero-order valence-electron chi connectivity index (χ0n) is 12.2. The van der Waals surface area contributed by atoms with E-state index >= 15 is 0 Å². The second-order valence-corrected chi connectivity index (χ2v) is 6.18. The fourth-order valence-electron chi connectivity index (χ4n) is 1.98. The lowest BCUT2D eigenvalue weighted by Gasteiger charge is -2.18. The van der Waals surface area contributed by atoms with Crippen molar-refractivity contribution in [3.05, 3.63) is 47.1 Å². The Morgan fingerprint density at radius 1 is 1.23 bits per heavy atom. The Morgan fingerprint density at radius 3 is 2.45 bits per heavy atom. The van der Waals surface area contributed by atoms with Crippen LogP contribution in [0.5, 0.6) is 0 Å². The molecule has 0 aliphatic rings.